The molecular weight excluding hydrogens is 476 g/mol. The summed E-state index contributed by atoms with van der Waals surface area (Å²) < 4.78 is 29.5. The number of nitrogens with zero attached hydrogens (tertiary/aromatic N) is 2. The summed E-state index contributed by atoms with van der Waals surface area (Å²) in [4.78, 5) is 33.2. The van der Waals surface area contributed by atoms with Crippen LogP contribution in [0, 0.1) is 11.6 Å². The fourth-order valence-electron chi connectivity index (χ4n) is 4.12. The Hall–Kier alpha value is -3.04. The van der Waals surface area contributed by atoms with E-state index >= 15 is 0 Å². The molecule has 4 aromatic rings. The van der Waals surface area contributed by atoms with E-state index in [1.807, 2.05) is 30.3 Å². The van der Waals surface area contributed by atoms with Crippen molar-refractivity contribution in [1.29, 1.82) is 0 Å². The second kappa shape index (κ2) is 9.31. The van der Waals surface area contributed by atoms with Crippen LogP contribution >= 0.6 is 23.1 Å². The van der Waals surface area contributed by atoms with Crippen molar-refractivity contribution in [2.45, 2.75) is 43.0 Å². The van der Waals surface area contributed by atoms with Gasteiger partial charge in [0.15, 0.2) is 5.16 Å². The molecule has 34 heavy (non-hydrogen) atoms. The summed E-state index contributed by atoms with van der Waals surface area (Å²) >= 11 is 2.62. The van der Waals surface area contributed by atoms with Gasteiger partial charge in [0.25, 0.3) is 5.56 Å². The fourth-order valence-corrected chi connectivity index (χ4v) is 6.35. The van der Waals surface area contributed by atoms with Gasteiger partial charge in [0.05, 0.1) is 16.3 Å². The van der Waals surface area contributed by atoms with Crippen molar-refractivity contribution in [1.82, 2.24) is 9.55 Å². The van der Waals surface area contributed by atoms with Crippen LogP contribution in [0.25, 0.3) is 15.9 Å². The number of halogens is 2. The van der Waals surface area contributed by atoms with Crippen molar-refractivity contribution in [2.24, 2.45) is 0 Å². The van der Waals surface area contributed by atoms with Gasteiger partial charge in [0.1, 0.15) is 22.2 Å². The molecule has 9 heteroatoms. The number of nitrogens with one attached hydrogen (secondary N) is 1. The Balaban J connectivity index is 1.56. The molecule has 1 aliphatic carbocycles. The largest absolute Gasteiger partial charge is 0.320 e. The summed E-state index contributed by atoms with van der Waals surface area (Å²) in [7, 11) is 0. The highest BCUT2D eigenvalue weighted by atomic mass is 32.2. The van der Waals surface area contributed by atoms with Crippen molar-refractivity contribution in [2.75, 3.05) is 5.32 Å². The molecule has 5 nitrogen and oxygen atoms in total. The molecule has 1 amide bonds. The molecule has 2 aromatic carbocycles. The number of hydrogen-bond acceptors (Lipinski definition) is 5. The molecule has 0 fully saturated rings. The maximum Gasteiger partial charge on any atom is 0.267 e. The second-order valence-corrected chi connectivity index (χ2v) is 10.5. The number of carbonyl (C=O) groups excluding carboxylic acids is 1. The molecule has 1 N–H and O–H groups in total. The number of rotatable bonds is 5. The predicted octanol–water partition coefficient (Wildman–Crippen LogP) is 5.72. The number of amides is 1. The normalized spacial score (nSPS) is 14.1. The highest BCUT2D eigenvalue weighted by molar-refractivity contribution is 8.00. The Morgan fingerprint density at radius 3 is 2.53 bits per heavy atom. The summed E-state index contributed by atoms with van der Waals surface area (Å²) in [5, 5.41) is 2.57. The Bertz CT molecular complexity index is 1430. The Morgan fingerprint density at radius 2 is 1.79 bits per heavy atom. The highest BCUT2D eigenvalue weighted by Gasteiger charge is 2.25. The molecule has 0 spiro atoms. The number of benzene rings is 2. The first-order valence-electron chi connectivity index (χ1n) is 11.0. The smallest absolute Gasteiger partial charge is 0.267 e. The molecule has 0 aliphatic heterocycles. The van der Waals surface area contributed by atoms with E-state index in [1.165, 1.54) is 26.8 Å². The number of thiophene rings is 1. The lowest BCUT2D eigenvalue weighted by Gasteiger charge is -2.16. The zero-order valence-corrected chi connectivity index (χ0v) is 19.9. The van der Waals surface area contributed by atoms with Crippen molar-refractivity contribution < 1.29 is 13.6 Å². The number of hydrogen-bond donors (Lipinski definition) is 1. The maximum atomic E-state index is 14.0. The van der Waals surface area contributed by atoms with E-state index in [4.69, 9.17) is 4.98 Å². The topological polar surface area (TPSA) is 64.0 Å². The van der Waals surface area contributed by atoms with Crippen LogP contribution in [0.1, 0.15) is 30.2 Å². The molecule has 2 aromatic heterocycles. The molecule has 0 radical (unpaired) electrons. The minimum absolute atomic E-state index is 0.161. The van der Waals surface area contributed by atoms with Crippen molar-refractivity contribution in [3.63, 3.8) is 0 Å². The molecule has 0 saturated carbocycles. The first kappa shape index (κ1) is 22.7. The van der Waals surface area contributed by atoms with Gasteiger partial charge in [-0.1, -0.05) is 36.0 Å². The minimum atomic E-state index is -0.851. The van der Waals surface area contributed by atoms with Crippen LogP contribution in [-0.4, -0.2) is 20.7 Å². The van der Waals surface area contributed by atoms with E-state index in [2.05, 4.69) is 5.32 Å². The average Bonchev–Trinajstić information content (AvgIpc) is 3.20. The van der Waals surface area contributed by atoms with Crippen LogP contribution in [-0.2, 0) is 17.6 Å². The lowest BCUT2D eigenvalue weighted by atomic mass is 9.97. The van der Waals surface area contributed by atoms with Crippen LogP contribution in [0.15, 0.2) is 58.5 Å². The monoisotopic (exact) mass is 497 g/mol. The minimum Gasteiger partial charge on any atom is -0.320 e. The summed E-state index contributed by atoms with van der Waals surface area (Å²) in [6.45, 7) is 1.61. The van der Waals surface area contributed by atoms with Crippen LogP contribution in [0.5, 0.6) is 0 Å². The summed E-state index contributed by atoms with van der Waals surface area (Å²) in [6.07, 6.45) is 3.94. The zero-order chi connectivity index (χ0) is 23.8. The third kappa shape index (κ3) is 4.14. The molecule has 2 heterocycles. The van der Waals surface area contributed by atoms with Crippen molar-refractivity contribution >= 4 is 44.9 Å². The second-order valence-electron chi connectivity index (χ2n) is 8.11. The Kier molecular flexibility index (Phi) is 6.22. The number of carbonyl (C=O) groups is 1. The quantitative estimate of drug-likeness (QED) is 0.283. The summed E-state index contributed by atoms with van der Waals surface area (Å²) in [6, 6.07) is 12.6. The van der Waals surface area contributed by atoms with E-state index in [1.54, 1.807) is 6.92 Å². The molecule has 5 rings (SSSR count). The highest BCUT2D eigenvalue weighted by Crippen LogP contribution is 2.36. The molecule has 1 unspecified atom stereocenters. The Labute approximate surface area is 202 Å². The van der Waals surface area contributed by atoms with Gasteiger partial charge in [-0.05, 0) is 62.4 Å². The van der Waals surface area contributed by atoms with Crippen LogP contribution in [0.3, 0.4) is 0 Å². The van der Waals surface area contributed by atoms with Gasteiger partial charge in [-0.2, -0.15) is 0 Å². The van der Waals surface area contributed by atoms with E-state index in [0.717, 1.165) is 55.1 Å². The van der Waals surface area contributed by atoms with E-state index < -0.39 is 28.5 Å². The standard InChI is InChI=1S/C25H21F2N3O2S2/c1-14(22(31)28-21-17(26)11-7-12-18(21)27)33-25-29-23-20(16-10-5-6-13-19(16)34-23)24(32)30(25)15-8-3-2-4-9-15/h2-4,7-9,11-12,14H,5-6,10,13H2,1H3,(H,28,31). The van der Waals surface area contributed by atoms with Gasteiger partial charge < -0.3 is 5.32 Å². The van der Waals surface area contributed by atoms with Gasteiger partial charge in [0, 0.05) is 4.88 Å². The molecule has 1 aliphatic rings. The SMILES string of the molecule is CC(Sc1nc2sc3c(c2c(=O)n1-c1ccccc1)CCCC3)C(=O)Nc1c(F)cccc1F. The molecule has 174 valence electrons. The summed E-state index contributed by atoms with van der Waals surface area (Å²) in [5.74, 6) is -2.29. The molecule has 1 atom stereocenters. The summed E-state index contributed by atoms with van der Waals surface area (Å²) in [5.41, 5.74) is 1.08. The van der Waals surface area contributed by atoms with Gasteiger partial charge in [-0.15, -0.1) is 11.3 Å². The number of para-hydroxylation sites is 2. The molecule has 0 bridgehead atoms. The van der Waals surface area contributed by atoms with E-state index in [0.29, 0.717) is 21.1 Å². The fraction of sp³-hybridized carbons (Fsp3) is 0.240. The Morgan fingerprint density at radius 1 is 1.09 bits per heavy atom. The van der Waals surface area contributed by atoms with Crippen LogP contribution < -0.4 is 10.9 Å². The zero-order valence-electron chi connectivity index (χ0n) is 18.3. The maximum absolute atomic E-state index is 14.0. The van der Waals surface area contributed by atoms with Crippen molar-refractivity contribution in [3.8, 4) is 5.69 Å². The van der Waals surface area contributed by atoms with Gasteiger partial charge in [0.2, 0.25) is 5.91 Å². The molecular formula is C25H21F2N3O2S2. The van der Waals surface area contributed by atoms with Crippen LogP contribution in [0.2, 0.25) is 0 Å². The third-order valence-electron chi connectivity index (χ3n) is 5.83. The van der Waals surface area contributed by atoms with E-state index in [-0.39, 0.29) is 5.56 Å². The lowest BCUT2D eigenvalue weighted by Crippen LogP contribution is -2.27. The van der Waals surface area contributed by atoms with E-state index in [9.17, 15) is 18.4 Å². The number of fused-ring (bicyclic) bond motifs is 3. The van der Waals surface area contributed by atoms with Gasteiger partial charge in [-0.3, -0.25) is 14.2 Å². The van der Waals surface area contributed by atoms with Crippen LogP contribution in [0.4, 0.5) is 14.5 Å². The third-order valence-corrected chi connectivity index (χ3v) is 8.07. The first-order valence-corrected chi connectivity index (χ1v) is 12.7. The molecule has 0 saturated heterocycles. The number of thioether (sulfide) groups is 1. The van der Waals surface area contributed by atoms with Gasteiger partial charge in [-0.25, -0.2) is 13.8 Å². The van der Waals surface area contributed by atoms with Gasteiger partial charge >= 0.3 is 0 Å². The first-order chi connectivity index (χ1) is 16.4. The number of aromatic nitrogens is 2. The van der Waals surface area contributed by atoms with Crippen molar-refractivity contribution in [3.05, 3.63) is 81.0 Å². The predicted molar refractivity (Wildman–Crippen MR) is 132 cm³/mol. The average molecular weight is 498 g/mol. The number of anilines is 1. The number of aryl methyl sites for hydroxylation is 2. The lowest BCUT2D eigenvalue weighted by molar-refractivity contribution is -0.115.